The molecule has 1 aliphatic heterocycles. The van der Waals surface area contributed by atoms with Crippen molar-refractivity contribution in [3.05, 3.63) is 46.4 Å². The molecular formula is C18H22N4O3S. The van der Waals surface area contributed by atoms with Gasteiger partial charge in [0, 0.05) is 43.7 Å². The van der Waals surface area contributed by atoms with Gasteiger partial charge in [-0.05, 0) is 25.1 Å². The van der Waals surface area contributed by atoms with Crippen molar-refractivity contribution in [3.8, 4) is 5.75 Å². The van der Waals surface area contributed by atoms with Gasteiger partial charge in [-0.25, -0.2) is 9.78 Å². The lowest BCUT2D eigenvalue weighted by molar-refractivity contribution is 0.0665. The number of thiazole rings is 1. The lowest BCUT2D eigenvalue weighted by atomic mass is 10.1. The van der Waals surface area contributed by atoms with Gasteiger partial charge in [0.2, 0.25) is 0 Å². The second kappa shape index (κ2) is 8.66. The predicted octanol–water partition coefficient (Wildman–Crippen LogP) is 2.21. The van der Waals surface area contributed by atoms with E-state index in [1.807, 2.05) is 24.4 Å². The van der Waals surface area contributed by atoms with E-state index in [1.165, 1.54) is 11.3 Å². The minimum atomic E-state index is -0.0722. The maximum atomic E-state index is 12.7. The molecule has 7 nitrogen and oxygen atoms in total. The Morgan fingerprint density at radius 1 is 1.23 bits per heavy atom. The van der Waals surface area contributed by atoms with E-state index in [4.69, 9.17) is 4.74 Å². The fourth-order valence-corrected chi connectivity index (χ4v) is 3.29. The number of rotatable bonds is 5. The number of hydrogen-bond acceptors (Lipinski definition) is 5. The summed E-state index contributed by atoms with van der Waals surface area (Å²) in [4.78, 5) is 32.3. The maximum Gasteiger partial charge on any atom is 0.317 e. The molecule has 138 valence electrons. The summed E-state index contributed by atoms with van der Waals surface area (Å²) in [7, 11) is 0. The highest BCUT2D eigenvalue weighted by Gasteiger charge is 2.24. The van der Waals surface area contributed by atoms with E-state index in [1.54, 1.807) is 27.4 Å². The van der Waals surface area contributed by atoms with E-state index in [-0.39, 0.29) is 11.9 Å². The van der Waals surface area contributed by atoms with Crippen molar-refractivity contribution < 1.29 is 14.3 Å². The number of urea groups is 1. The second-order valence-corrected chi connectivity index (χ2v) is 6.63. The summed E-state index contributed by atoms with van der Waals surface area (Å²) in [6, 6.07) is 7.11. The average molecular weight is 374 g/mol. The lowest BCUT2D eigenvalue weighted by Crippen LogP contribution is -2.53. The molecule has 1 N–H and O–H groups in total. The Labute approximate surface area is 156 Å². The molecule has 0 radical (unpaired) electrons. The van der Waals surface area contributed by atoms with E-state index >= 15 is 0 Å². The summed E-state index contributed by atoms with van der Waals surface area (Å²) in [5.74, 6) is 0.601. The van der Waals surface area contributed by atoms with E-state index in [0.717, 1.165) is 5.69 Å². The van der Waals surface area contributed by atoms with Crippen LogP contribution in [0.4, 0.5) is 4.79 Å². The molecule has 0 spiro atoms. The minimum absolute atomic E-state index is 0.0420. The fraction of sp³-hybridized carbons (Fsp3) is 0.389. The van der Waals surface area contributed by atoms with Crippen molar-refractivity contribution in [2.75, 3.05) is 32.7 Å². The number of amides is 3. The highest BCUT2D eigenvalue weighted by atomic mass is 32.1. The average Bonchev–Trinajstić information content (AvgIpc) is 3.20. The van der Waals surface area contributed by atoms with Crippen molar-refractivity contribution in [2.24, 2.45) is 0 Å². The Kier molecular flexibility index (Phi) is 6.06. The van der Waals surface area contributed by atoms with Gasteiger partial charge in [-0.2, -0.15) is 0 Å². The lowest BCUT2D eigenvalue weighted by Gasteiger charge is -2.34. The van der Waals surface area contributed by atoms with Crippen LogP contribution in [0.5, 0.6) is 5.75 Å². The molecule has 3 amide bonds. The highest BCUT2D eigenvalue weighted by molar-refractivity contribution is 7.07. The van der Waals surface area contributed by atoms with Gasteiger partial charge in [0.1, 0.15) is 12.4 Å². The monoisotopic (exact) mass is 374 g/mol. The topological polar surface area (TPSA) is 74.8 Å². The van der Waals surface area contributed by atoms with Crippen LogP contribution in [-0.4, -0.2) is 59.4 Å². The molecule has 1 fully saturated rings. The SMILES string of the molecule is CCNC(=O)N1CCN(C(=O)c2cccc(OCc3cscn3)c2)CC1. The number of nitrogens with one attached hydrogen (secondary N) is 1. The largest absolute Gasteiger partial charge is 0.487 e. The van der Waals surface area contributed by atoms with Gasteiger partial charge in [-0.3, -0.25) is 4.79 Å². The summed E-state index contributed by atoms with van der Waals surface area (Å²) in [5, 5.41) is 4.72. The molecule has 0 unspecified atom stereocenters. The maximum absolute atomic E-state index is 12.7. The van der Waals surface area contributed by atoms with Crippen LogP contribution in [0.25, 0.3) is 0 Å². The van der Waals surface area contributed by atoms with Gasteiger partial charge in [0.15, 0.2) is 0 Å². The van der Waals surface area contributed by atoms with Crippen LogP contribution in [0.2, 0.25) is 0 Å². The van der Waals surface area contributed by atoms with Gasteiger partial charge in [0.05, 0.1) is 11.2 Å². The van der Waals surface area contributed by atoms with Crippen LogP contribution in [-0.2, 0) is 6.61 Å². The number of nitrogens with zero attached hydrogens (tertiary/aromatic N) is 3. The zero-order valence-corrected chi connectivity index (χ0v) is 15.5. The van der Waals surface area contributed by atoms with Crippen LogP contribution in [0.3, 0.4) is 0 Å². The molecule has 1 aliphatic rings. The molecule has 1 aromatic carbocycles. The molecule has 8 heteroatoms. The molecule has 1 saturated heterocycles. The number of aromatic nitrogens is 1. The van der Waals surface area contributed by atoms with E-state index in [9.17, 15) is 9.59 Å². The number of hydrogen-bond donors (Lipinski definition) is 1. The zero-order chi connectivity index (χ0) is 18.4. The number of carbonyl (C=O) groups excluding carboxylic acids is 2. The number of ether oxygens (including phenoxy) is 1. The smallest absolute Gasteiger partial charge is 0.317 e. The molecular weight excluding hydrogens is 352 g/mol. The van der Waals surface area contributed by atoms with Crippen LogP contribution < -0.4 is 10.1 Å². The molecule has 2 aromatic rings. The third-order valence-corrected chi connectivity index (χ3v) is 4.77. The number of benzene rings is 1. The first-order valence-corrected chi connectivity index (χ1v) is 9.53. The van der Waals surface area contributed by atoms with Crippen molar-refractivity contribution in [2.45, 2.75) is 13.5 Å². The number of piperazine rings is 1. The molecule has 0 atom stereocenters. The van der Waals surface area contributed by atoms with Crippen LogP contribution in [0, 0.1) is 0 Å². The van der Waals surface area contributed by atoms with E-state index in [2.05, 4.69) is 10.3 Å². The number of carbonyl (C=O) groups is 2. The minimum Gasteiger partial charge on any atom is -0.487 e. The predicted molar refractivity (Wildman–Crippen MR) is 99.4 cm³/mol. The Bertz CT molecular complexity index is 743. The van der Waals surface area contributed by atoms with Gasteiger partial charge in [-0.15, -0.1) is 11.3 Å². The van der Waals surface area contributed by atoms with Crippen molar-refractivity contribution in [1.29, 1.82) is 0 Å². The molecule has 0 bridgehead atoms. The molecule has 3 rings (SSSR count). The summed E-state index contributed by atoms with van der Waals surface area (Å²) in [6.45, 7) is 5.01. The molecule has 0 saturated carbocycles. The van der Waals surface area contributed by atoms with Crippen molar-refractivity contribution in [3.63, 3.8) is 0 Å². The Morgan fingerprint density at radius 2 is 2.00 bits per heavy atom. The summed E-state index contributed by atoms with van der Waals surface area (Å²) in [6.07, 6.45) is 0. The first kappa shape index (κ1) is 18.2. The Balaban J connectivity index is 1.56. The standard InChI is InChI=1S/C18H22N4O3S/c1-2-19-18(24)22-8-6-21(7-9-22)17(23)14-4-3-5-16(10-14)25-11-15-12-26-13-20-15/h3-5,10,12-13H,2,6-9,11H2,1H3,(H,19,24). The second-order valence-electron chi connectivity index (χ2n) is 5.91. The molecule has 0 aliphatic carbocycles. The van der Waals surface area contributed by atoms with Crippen LogP contribution in [0.15, 0.2) is 35.2 Å². The molecule has 26 heavy (non-hydrogen) atoms. The summed E-state index contributed by atoms with van der Waals surface area (Å²) in [5.41, 5.74) is 3.22. The third-order valence-electron chi connectivity index (χ3n) is 4.13. The van der Waals surface area contributed by atoms with Gasteiger partial charge < -0.3 is 19.9 Å². The van der Waals surface area contributed by atoms with E-state index in [0.29, 0.717) is 50.6 Å². The quantitative estimate of drug-likeness (QED) is 0.871. The van der Waals surface area contributed by atoms with Gasteiger partial charge >= 0.3 is 6.03 Å². The van der Waals surface area contributed by atoms with Crippen LogP contribution in [0.1, 0.15) is 23.0 Å². The summed E-state index contributed by atoms with van der Waals surface area (Å²) < 4.78 is 5.72. The fourth-order valence-electron chi connectivity index (χ4n) is 2.74. The normalized spacial score (nSPS) is 14.2. The van der Waals surface area contributed by atoms with Crippen LogP contribution >= 0.6 is 11.3 Å². The zero-order valence-electron chi connectivity index (χ0n) is 14.7. The van der Waals surface area contributed by atoms with E-state index < -0.39 is 0 Å². The van der Waals surface area contributed by atoms with Crippen molar-refractivity contribution >= 4 is 23.3 Å². The van der Waals surface area contributed by atoms with Gasteiger partial charge in [-0.1, -0.05) is 6.07 Å². The third kappa shape index (κ3) is 4.51. The Morgan fingerprint density at radius 3 is 2.69 bits per heavy atom. The highest BCUT2D eigenvalue weighted by Crippen LogP contribution is 2.17. The molecule has 1 aromatic heterocycles. The first-order valence-electron chi connectivity index (χ1n) is 8.59. The summed E-state index contributed by atoms with van der Waals surface area (Å²) >= 11 is 1.52. The molecule has 2 heterocycles. The van der Waals surface area contributed by atoms with Crippen molar-refractivity contribution in [1.82, 2.24) is 20.1 Å². The van der Waals surface area contributed by atoms with Gasteiger partial charge in [0.25, 0.3) is 5.91 Å². The Hall–Kier alpha value is -2.61. The first-order chi connectivity index (χ1) is 12.7.